The Balaban J connectivity index is 1.81. The summed E-state index contributed by atoms with van der Waals surface area (Å²) in [6.45, 7) is 4.63. The van der Waals surface area contributed by atoms with Crippen LogP contribution in [0.15, 0.2) is 65.0 Å². The molecule has 1 aromatic heterocycles. The molecule has 0 spiro atoms. The first-order chi connectivity index (χ1) is 14.9. The van der Waals surface area contributed by atoms with Gasteiger partial charge in [0.05, 0.1) is 40.4 Å². The lowest BCUT2D eigenvalue weighted by atomic mass is 9.81. The molecule has 0 atom stereocenters. The molecule has 0 saturated heterocycles. The maximum absolute atomic E-state index is 9.79. The Hall–Kier alpha value is -3.87. The van der Waals surface area contributed by atoms with Crippen molar-refractivity contribution in [3.8, 4) is 23.4 Å². The van der Waals surface area contributed by atoms with Gasteiger partial charge in [-0.2, -0.15) is 15.6 Å². The van der Waals surface area contributed by atoms with Gasteiger partial charge in [0.2, 0.25) is 0 Å². The van der Waals surface area contributed by atoms with Crippen molar-refractivity contribution in [1.29, 1.82) is 10.5 Å². The van der Waals surface area contributed by atoms with Gasteiger partial charge in [0, 0.05) is 28.9 Å². The van der Waals surface area contributed by atoms with Crippen molar-refractivity contribution in [2.75, 3.05) is 14.1 Å². The number of allylic oxidation sites excluding steroid dienone is 4. The summed E-state index contributed by atoms with van der Waals surface area (Å²) in [4.78, 5) is 2.13. The summed E-state index contributed by atoms with van der Waals surface area (Å²) < 4.78 is 0. The third-order valence-corrected chi connectivity index (χ3v) is 5.65. The van der Waals surface area contributed by atoms with Crippen LogP contribution < -0.4 is 5.32 Å². The summed E-state index contributed by atoms with van der Waals surface area (Å²) in [5.74, 6) is -0.383. The third kappa shape index (κ3) is 3.70. The fraction of sp³-hybridized carbons (Fsp3) is 0.240. The summed E-state index contributed by atoms with van der Waals surface area (Å²) in [7, 11) is 4.10. The number of hydrogen-bond acceptors (Lipinski definition) is 5. The van der Waals surface area contributed by atoms with Crippen molar-refractivity contribution >= 4 is 10.9 Å². The number of nitriles is 2. The molecule has 154 valence electrons. The van der Waals surface area contributed by atoms with E-state index in [0.29, 0.717) is 11.1 Å². The predicted molar refractivity (Wildman–Crippen MR) is 121 cm³/mol. The predicted octanol–water partition coefficient (Wildman–Crippen LogP) is 4.57. The fourth-order valence-corrected chi connectivity index (χ4v) is 4.19. The highest BCUT2D eigenvalue weighted by molar-refractivity contribution is 5.93. The van der Waals surface area contributed by atoms with Crippen LogP contribution in [-0.4, -0.2) is 29.2 Å². The van der Waals surface area contributed by atoms with Gasteiger partial charge < -0.3 is 10.2 Å². The largest absolute Gasteiger partial charge is 0.361 e. The van der Waals surface area contributed by atoms with Gasteiger partial charge in [0.15, 0.2) is 0 Å². The lowest BCUT2D eigenvalue weighted by molar-refractivity contribution is 0.402. The molecular formula is C25H24N6. The number of benzene rings is 2. The van der Waals surface area contributed by atoms with Crippen LogP contribution in [0.3, 0.4) is 0 Å². The first-order valence-corrected chi connectivity index (χ1v) is 10.1. The standard InChI is InChI=1S/C25H24N6/c1-15-21(12-26)24(22(13-27)16(2)28-15)19-9-10-23-20(11-19)25(30-29-23)18-7-5-17(6-8-18)14-31(3)4/h5-11,24,28H,14H2,1-4H3,(H,29,30). The van der Waals surface area contributed by atoms with Crippen LogP contribution in [0.25, 0.3) is 22.2 Å². The number of fused-ring (bicyclic) bond motifs is 1. The highest BCUT2D eigenvalue weighted by atomic mass is 15.1. The number of dihydropyridines is 1. The average Bonchev–Trinajstić information content (AvgIpc) is 3.16. The normalized spacial score (nSPS) is 14.7. The lowest BCUT2D eigenvalue weighted by Crippen LogP contribution is -2.23. The van der Waals surface area contributed by atoms with Gasteiger partial charge in [-0.15, -0.1) is 0 Å². The van der Waals surface area contributed by atoms with Crippen LogP contribution in [0.5, 0.6) is 0 Å². The van der Waals surface area contributed by atoms with Crippen molar-refractivity contribution in [1.82, 2.24) is 20.4 Å². The van der Waals surface area contributed by atoms with Crippen molar-refractivity contribution in [3.63, 3.8) is 0 Å². The molecule has 0 saturated carbocycles. The van der Waals surface area contributed by atoms with Gasteiger partial charge >= 0.3 is 0 Å². The topological polar surface area (TPSA) is 91.5 Å². The molecule has 2 aromatic carbocycles. The zero-order chi connectivity index (χ0) is 22.1. The maximum atomic E-state index is 9.79. The Morgan fingerprint density at radius 2 is 1.61 bits per heavy atom. The number of nitrogens with zero attached hydrogens (tertiary/aromatic N) is 4. The van der Waals surface area contributed by atoms with E-state index in [1.807, 2.05) is 32.0 Å². The second-order valence-electron chi connectivity index (χ2n) is 8.17. The molecule has 4 rings (SSSR count). The average molecular weight is 409 g/mol. The number of aromatic nitrogens is 2. The summed E-state index contributed by atoms with van der Waals surface area (Å²) in [6, 6.07) is 19.0. The molecular weight excluding hydrogens is 384 g/mol. The van der Waals surface area contributed by atoms with Crippen LogP contribution in [0, 0.1) is 22.7 Å². The molecule has 0 radical (unpaired) electrons. The molecule has 0 amide bonds. The van der Waals surface area contributed by atoms with E-state index in [4.69, 9.17) is 0 Å². The number of aromatic amines is 1. The van der Waals surface area contributed by atoms with Crippen LogP contribution in [0.1, 0.15) is 30.9 Å². The van der Waals surface area contributed by atoms with Crippen molar-refractivity contribution in [2.45, 2.75) is 26.3 Å². The van der Waals surface area contributed by atoms with E-state index in [1.54, 1.807) is 0 Å². The number of rotatable bonds is 4. The van der Waals surface area contributed by atoms with Gasteiger partial charge in [-0.3, -0.25) is 5.10 Å². The second kappa shape index (κ2) is 8.10. The summed E-state index contributed by atoms with van der Waals surface area (Å²) in [6.07, 6.45) is 0. The highest BCUT2D eigenvalue weighted by Crippen LogP contribution is 2.39. The van der Waals surface area contributed by atoms with E-state index < -0.39 is 0 Å². The third-order valence-electron chi connectivity index (χ3n) is 5.65. The van der Waals surface area contributed by atoms with E-state index in [2.05, 4.69) is 70.9 Å². The van der Waals surface area contributed by atoms with Crippen LogP contribution in [-0.2, 0) is 6.54 Å². The second-order valence-corrected chi connectivity index (χ2v) is 8.17. The quantitative estimate of drug-likeness (QED) is 0.660. The molecule has 2 N–H and O–H groups in total. The molecule has 3 aromatic rings. The first kappa shape index (κ1) is 20.4. The SMILES string of the molecule is CC1=C(C#N)C(c2ccc3[nH]nc(-c4ccc(CN(C)C)cc4)c3c2)C(C#N)=C(C)N1. The van der Waals surface area contributed by atoms with Gasteiger partial charge in [-0.25, -0.2) is 0 Å². The number of nitrogens with one attached hydrogen (secondary N) is 2. The van der Waals surface area contributed by atoms with Crippen LogP contribution in [0.4, 0.5) is 0 Å². The van der Waals surface area contributed by atoms with Crippen molar-refractivity contribution in [3.05, 3.63) is 76.1 Å². The summed E-state index contributed by atoms with van der Waals surface area (Å²) in [5.41, 5.74) is 7.66. The Morgan fingerprint density at radius 3 is 2.19 bits per heavy atom. The molecule has 0 fully saturated rings. The molecule has 0 aliphatic carbocycles. The molecule has 0 unspecified atom stereocenters. The number of H-pyrrole nitrogens is 1. The minimum absolute atomic E-state index is 0.383. The minimum Gasteiger partial charge on any atom is -0.361 e. The molecule has 2 heterocycles. The van der Waals surface area contributed by atoms with Crippen LogP contribution >= 0.6 is 0 Å². The van der Waals surface area contributed by atoms with Crippen LogP contribution in [0.2, 0.25) is 0 Å². The Bertz CT molecular complexity index is 1260. The minimum atomic E-state index is -0.383. The summed E-state index contributed by atoms with van der Waals surface area (Å²) in [5, 5.41) is 31.4. The highest BCUT2D eigenvalue weighted by Gasteiger charge is 2.29. The first-order valence-electron chi connectivity index (χ1n) is 10.1. The van der Waals surface area contributed by atoms with Gasteiger partial charge in [0.1, 0.15) is 0 Å². The molecule has 0 bridgehead atoms. The maximum Gasteiger partial charge on any atom is 0.0999 e. The Labute approximate surface area is 182 Å². The van der Waals surface area contributed by atoms with Gasteiger partial charge in [-0.05, 0) is 51.2 Å². The van der Waals surface area contributed by atoms with Gasteiger partial charge in [0.25, 0.3) is 0 Å². The monoisotopic (exact) mass is 408 g/mol. The number of hydrogen-bond donors (Lipinski definition) is 2. The Morgan fingerprint density at radius 1 is 0.968 bits per heavy atom. The molecule has 6 nitrogen and oxygen atoms in total. The van der Waals surface area contributed by atoms with Crippen molar-refractivity contribution < 1.29 is 0 Å². The van der Waals surface area contributed by atoms with E-state index in [9.17, 15) is 10.5 Å². The molecule has 6 heteroatoms. The van der Waals surface area contributed by atoms with E-state index in [0.717, 1.165) is 45.7 Å². The molecule has 1 aliphatic heterocycles. The van der Waals surface area contributed by atoms with E-state index in [-0.39, 0.29) is 5.92 Å². The smallest absolute Gasteiger partial charge is 0.0999 e. The Kier molecular flexibility index (Phi) is 5.33. The lowest BCUT2D eigenvalue weighted by Gasteiger charge is -2.26. The zero-order valence-electron chi connectivity index (χ0n) is 18.1. The van der Waals surface area contributed by atoms with Gasteiger partial charge in [-0.1, -0.05) is 30.3 Å². The summed E-state index contributed by atoms with van der Waals surface area (Å²) >= 11 is 0. The van der Waals surface area contributed by atoms with E-state index >= 15 is 0 Å². The molecule has 1 aliphatic rings. The molecule has 31 heavy (non-hydrogen) atoms. The zero-order valence-corrected chi connectivity index (χ0v) is 18.1. The fourth-order valence-electron chi connectivity index (χ4n) is 4.19. The van der Waals surface area contributed by atoms with Crippen molar-refractivity contribution in [2.24, 2.45) is 0 Å². The van der Waals surface area contributed by atoms with E-state index in [1.165, 1.54) is 5.56 Å².